The van der Waals surface area contributed by atoms with Crippen molar-refractivity contribution in [2.24, 2.45) is 0 Å². The molecular weight excluding hydrogens is 208 g/mol. The molecule has 1 rings (SSSR count). The smallest absolute Gasteiger partial charge is 0.352 e. The zero-order valence-electron chi connectivity index (χ0n) is 8.83. The average molecular weight is 220 g/mol. The Hall–Kier alpha value is -2.22. The van der Waals surface area contributed by atoms with E-state index in [1.54, 1.807) is 0 Å². The van der Waals surface area contributed by atoms with Crippen molar-refractivity contribution < 1.29 is 14.7 Å². The lowest BCUT2D eigenvalue weighted by molar-refractivity contribution is -0.118. The van der Waals surface area contributed by atoms with Gasteiger partial charge < -0.3 is 15.4 Å². The van der Waals surface area contributed by atoms with Crippen LogP contribution in [0.4, 0.5) is 0 Å². The Morgan fingerprint density at radius 1 is 1.56 bits per heavy atom. The molecule has 0 fully saturated rings. The summed E-state index contributed by atoms with van der Waals surface area (Å²) in [5.74, 6) is 4.53. The molecular formula is C11H12N2O3. The second kappa shape index (κ2) is 5.61. The first kappa shape index (κ1) is 11.9. The third-order valence-corrected chi connectivity index (χ3v) is 1.77. The molecule has 0 unspecified atom stereocenters. The number of nitrogens with one attached hydrogen (secondary N) is 2. The standard InChI is InChI=1S/C11H12N2O3/c1-8(14)12-5-3-2-4-9-6-10(11(15)16)13-7-9/h6-7,13H,3,5H2,1H3,(H,12,14)(H,15,16). The van der Waals surface area contributed by atoms with Crippen molar-refractivity contribution in [3.63, 3.8) is 0 Å². The van der Waals surface area contributed by atoms with Crippen molar-refractivity contribution in [1.29, 1.82) is 0 Å². The molecule has 0 aromatic carbocycles. The average Bonchev–Trinajstić information content (AvgIpc) is 2.65. The number of carbonyl (C=O) groups is 2. The Balaban J connectivity index is 2.44. The number of aromatic carboxylic acids is 1. The van der Waals surface area contributed by atoms with Crippen molar-refractivity contribution in [2.75, 3.05) is 6.54 Å². The van der Waals surface area contributed by atoms with E-state index in [1.165, 1.54) is 19.2 Å². The van der Waals surface area contributed by atoms with Crippen LogP contribution >= 0.6 is 0 Å². The van der Waals surface area contributed by atoms with Crippen molar-refractivity contribution in [3.8, 4) is 11.8 Å². The highest BCUT2D eigenvalue weighted by atomic mass is 16.4. The maximum atomic E-state index is 10.5. The van der Waals surface area contributed by atoms with Gasteiger partial charge in [0.15, 0.2) is 0 Å². The lowest BCUT2D eigenvalue weighted by Crippen LogP contribution is -2.20. The summed E-state index contributed by atoms with van der Waals surface area (Å²) >= 11 is 0. The van der Waals surface area contributed by atoms with Gasteiger partial charge in [0, 0.05) is 31.6 Å². The van der Waals surface area contributed by atoms with Crippen molar-refractivity contribution in [2.45, 2.75) is 13.3 Å². The number of aromatic nitrogens is 1. The molecule has 0 radical (unpaired) electrons. The number of aromatic amines is 1. The van der Waals surface area contributed by atoms with Gasteiger partial charge in [-0.3, -0.25) is 4.79 Å². The maximum Gasteiger partial charge on any atom is 0.352 e. The number of amides is 1. The summed E-state index contributed by atoms with van der Waals surface area (Å²) in [7, 11) is 0. The Morgan fingerprint density at radius 3 is 2.88 bits per heavy atom. The summed E-state index contributed by atoms with van der Waals surface area (Å²) in [6.45, 7) is 1.94. The van der Waals surface area contributed by atoms with Crippen LogP contribution in [0.2, 0.25) is 0 Å². The van der Waals surface area contributed by atoms with Gasteiger partial charge in [-0.25, -0.2) is 4.79 Å². The second-order valence-corrected chi connectivity index (χ2v) is 3.14. The lowest BCUT2D eigenvalue weighted by Gasteiger charge is -1.94. The first-order valence-corrected chi connectivity index (χ1v) is 4.74. The van der Waals surface area contributed by atoms with Crippen molar-refractivity contribution in [1.82, 2.24) is 10.3 Å². The van der Waals surface area contributed by atoms with Gasteiger partial charge in [0.05, 0.1) is 0 Å². The molecule has 0 aliphatic carbocycles. The largest absolute Gasteiger partial charge is 0.477 e. The number of hydrogen-bond donors (Lipinski definition) is 3. The number of carboxylic acid groups (broad SMARTS) is 1. The fourth-order valence-electron chi connectivity index (χ4n) is 1.06. The fraction of sp³-hybridized carbons (Fsp3) is 0.273. The highest BCUT2D eigenvalue weighted by Gasteiger charge is 2.03. The Morgan fingerprint density at radius 2 is 2.31 bits per heavy atom. The van der Waals surface area contributed by atoms with E-state index in [9.17, 15) is 9.59 Å². The normalized spacial score (nSPS) is 9.06. The molecule has 1 amide bonds. The number of hydrogen-bond acceptors (Lipinski definition) is 2. The molecule has 0 saturated carbocycles. The molecule has 84 valence electrons. The molecule has 1 heterocycles. The summed E-state index contributed by atoms with van der Waals surface area (Å²) in [5.41, 5.74) is 0.742. The summed E-state index contributed by atoms with van der Waals surface area (Å²) in [6, 6.07) is 1.47. The van der Waals surface area contributed by atoms with E-state index >= 15 is 0 Å². The first-order valence-electron chi connectivity index (χ1n) is 4.74. The fourth-order valence-corrected chi connectivity index (χ4v) is 1.06. The zero-order valence-corrected chi connectivity index (χ0v) is 8.83. The molecule has 1 aromatic rings. The van der Waals surface area contributed by atoms with E-state index in [-0.39, 0.29) is 11.6 Å². The molecule has 0 saturated heterocycles. The summed E-state index contributed by atoms with van der Waals surface area (Å²) in [6.07, 6.45) is 2.07. The third kappa shape index (κ3) is 3.88. The second-order valence-electron chi connectivity index (χ2n) is 3.14. The molecule has 0 aliphatic rings. The molecule has 0 atom stereocenters. The SMILES string of the molecule is CC(=O)NCCC#Cc1c[nH]c(C(=O)O)c1. The lowest BCUT2D eigenvalue weighted by atomic mass is 10.3. The highest BCUT2D eigenvalue weighted by Crippen LogP contribution is 2.01. The minimum atomic E-state index is -1.01. The van der Waals surface area contributed by atoms with Gasteiger partial charge in [0.25, 0.3) is 0 Å². The van der Waals surface area contributed by atoms with E-state index < -0.39 is 5.97 Å². The van der Waals surface area contributed by atoms with Crippen LogP contribution in [0.3, 0.4) is 0 Å². The van der Waals surface area contributed by atoms with Crippen LogP contribution in [0, 0.1) is 11.8 Å². The van der Waals surface area contributed by atoms with Gasteiger partial charge >= 0.3 is 5.97 Å². The minimum absolute atomic E-state index is 0.0865. The van der Waals surface area contributed by atoms with Crippen LogP contribution < -0.4 is 5.32 Å². The quantitative estimate of drug-likeness (QED) is 0.515. The van der Waals surface area contributed by atoms with E-state index in [0.717, 1.165) is 0 Å². The van der Waals surface area contributed by atoms with E-state index in [0.29, 0.717) is 18.5 Å². The predicted octanol–water partition coefficient (Wildman–Crippen LogP) is 0.591. The zero-order chi connectivity index (χ0) is 12.0. The van der Waals surface area contributed by atoms with Gasteiger partial charge in [-0.2, -0.15) is 0 Å². The maximum absolute atomic E-state index is 10.5. The van der Waals surface area contributed by atoms with Crippen LogP contribution in [-0.4, -0.2) is 28.5 Å². The highest BCUT2D eigenvalue weighted by molar-refractivity contribution is 5.86. The van der Waals surface area contributed by atoms with Gasteiger partial charge in [0.1, 0.15) is 5.69 Å². The monoisotopic (exact) mass is 220 g/mol. The van der Waals surface area contributed by atoms with Gasteiger partial charge in [-0.1, -0.05) is 11.8 Å². The molecule has 5 nitrogen and oxygen atoms in total. The van der Waals surface area contributed by atoms with Crippen LogP contribution in [0.5, 0.6) is 0 Å². The number of H-pyrrole nitrogens is 1. The predicted molar refractivity (Wildman–Crippen MR) is 57.9 cm³/mol. The molecule has 16 heavy (non-hydrogen) atoms. The van der Waals surface area contributed by atoms with Gasteiger partial charge in [0.2, 0.25) is 5.91 Å². The molecule has 1 aromatic heterocycles. The number of rotatable bonds is 3. The van der Waals surface area contributed by atoms with Gasteiger partial charge in [-0.05, 0) is 6.07 Å². The van der Waals surface area contributed by atoms with E-state index in [1.807, 2.05) is 0 Å². The van der Waals surface area contributed by atoms with Crippen molar-refractivity contribution >= 4 is 11.9 Å². The number of carbonyl (C=O) groups excluding carboxylic acids is 1. The van der Waals surface area contributed by atoms with Crippen molar-refractivity contribution in [3.05, 3.63) is 23.5 Å². The van der Waals surface area contributed by atoms with Crippen LogP contribution in [0.25, 0.3) is 0 Å². The molecule has 0 spiro atoms. The Labute approximate surface area is 92.9 Å². The van der Waals surface area contributed by atoms with Crippen LogP contribution in [0.1, 0.15) is 29.4 Å². The summed E-state index contributed by atoms with van der Waals surface area (Å²) in [5, 5.41) is 11.3. The topological polar surface area (TPSA) is 82.2 Å². The minimum Gasteiger partial charge on any atom is -0.477 e. The third-order valence-electron chi connectivity index (χ3n) is 1.77. The van der Waals surface area contributed by atoms with Crippen LogP contribution in [0.15, 0.2) is 12.3 Å². The molecule has 0 bridgehead atoms. The summed E-state index contributed by atoms with van der Waals surface area (Å²) in [4.78, 5) is 23.7. The van der Waals surface area contributed by atoms with Gasteiger partial charge in [-0.15, -0.1) is 0 Å². The Bertz CT molecular complexity index is 451. The molecule has 3 N–H and O–H groups in total. The number of carboxylic acids is 1. The summed E-state index contributed by atoms with van der Waals surface area (Å²) < 4.78 is 0. The van der Waals surface area contributed by atoms with E-state index in [2.05, 4.69) is 22.1 Å². The Kier molecular flexibility index (Phi) is 4.16. The first-order chi connectivity index (χ1) is 7.59. The van der Waals surface area contributed by atoms with Crippen LogP contribution in [-0.2, 0) is 4.79 Å². The molecule has 0 aliphatic heterocycles. The van der Waals surface area contributed by atoms with E-state index in [4.69, 9.17) is 5.11 Å². The molecule has 5 heteroatoms.